The number of hydrogen-bond acceptors (Lipinski definition) is 9. The van der Waals surface area contributed by atoms with Gasteiger partial charge in [-0.1, -0.05) is 24.3 Å². The zero-order chi connectivity index (χ0) is 23.1. The third kappa shape index (κ3) is 5.83. The Kier molecular flexibility index (Phi) is 7.79. The number of anilines is 1. The number of ether oxygens (including phenoxy) is 3. The normalized spacial score (nSPS) is 11.2. The average Bonchev–Trinajstić information content (AvgIpc) is 3.06. The molecule has 0 saturated carbocycles. The number of esters is 1. The lowest BCUT2D eigenvalue weighted by Gasteiger charge is -2.15. The van der Waals surface area contributed by atoms with Gasteiger partial charge in [-0.15, -0.1) is 0 Å². The number of nitrogens with zero attached hydrogens (tertiary/aromatic N) is 4. The maximum atomic E-state index is 12.5. The van der Waals surface area contributed by atoms with Gasteiger partial charge in [0.2, 0.25) is 0 Å². The molecule has 0 bridgehead atoms. The van der Waals surface area contributed by atoms with Crippen LogP contribution in [0.25, 0.3) is 11.2 Å². The third-order valence-corrected chi connectivity index (χ3v) is 4.67. The second-order valence-corrected chi connectivity index (χ2v) is 7.24. The molecular weight excluding hydrogens is 416 g/mol. The molecule has 3 N–H and O–H groups in total. The molecule has 0 saturated heterocycles. The van der Waals surface area contributed by atoms with Gasteiger partial charge in [0, 0.05) is 13.7 Å². The molecule has 1 aromatic carbocycles. The van der Waals surface area contributed by atoms with E-state index in [0.717, 1.165) is 11.1 Å². The Bertz CT molecular complexity index is 1110. The monoisotopic (exact) mass is 444 g/mol. The number of nitrogen functional groups attached to an aromatic ring is 1. The van der Waals surface area contributed by atoms with Crippen molar-refractivity contribution in [2.45, 2.75) is 20.0 Å². The van der Waals surface area contributed by atoms with Crippen molar-refractivity contribution in [3.8, 4) is 6.01 Å². The van der Waals surface area contributed by atoms with Gasteiger partial charge in [0.1, 0.15) is 12.1 Å². The van der Waals surface area contributed by atoms with Crippen molar-refractivity contribution >= 4 is 23.0 Å². The molecule has 2 heterocycles. The first kappa shape index (κ1) is 23.2. The number of methoxy groups -OCH3 is 1. The van der Waals surface area contributed by atoms with Gasteiger partial charge >= 0.3 is 17.7 Å². The maximum Gasteiger partial charge on any atom is 0.328 e. The van der Waals surface area contributed by atoms with Crippen LogP contribution in [0.5, 0.6) is 6.01 Å². The van der Waals surface area contributed by atoms with Crippen LogP contribution in [0.15, 0.2) is 29.1 Å². The van der Waals surface area contributed by atoms with E-state index in [1.807, 2.05) is 36.2 Å². The molecule has 0 spiro atoms. The maximum absolute atomic E-state index is 12.5. The smallest absolute Gasteiger partial charge is 0.328 e. The van der Waals surface area contributed by atoms with Gasteiger partial charge in [-0.05, 0) is 25.1 Å². The standard InChI is InChI=1S/C21H28N6O5/c1-4-31-16(28)13-26(2)11-14-5-7-15(8-6-14)12-27-19-17(23-21(27)29)18(22)24-20(25-19)32-10-9-30-3/h5-8H,4,9-13H2,1-3H3,(H,23,29)(H2,22,24,25). The number of fused-ring (bicyclic) bond motifs is 1. The second-order valence-electron chi connectivity index (χ2n) is 7.24. The van der Waals surface area contributed by atoms with Gasteiger partial charge in [-0.25, -0.2) is 4.79 Å². The molecule has 0 aliphatic heterocycles. The van der Waals surface area contributed by atoms with E-state index >= 15 is 0 Å². The molecule has 11 nitrogen and oxygen atoms in total. The van der Waals surface area contributed by atoms with E-state index in [4.69, 9.17) is 19.9 Å². The summed E-state index contributed by atoms with van der Waals surface area (Å²) in [5, 5.41) is 0. The fraction of sp³-hybridized carbons (Fsp3) is 0.429. The molecule has 0 unspecified atom stereocenters. The highest BCUT2D eigenvalue weighted by atomic mass is 16.5. The molecule has 0 amide bonds. The van der Waals surface area contributed by atoms with E-state index in [1.54, 1.807) is 14.0 Å². The fourth-order valence-electron chi connectivity index (χ4n) is 3.19. The quantitative estimate of drug-likeness (QED) is 0.324. The first-order valence-electron chi connectivity index (χ1n) is 10.2. The molecule has 0 fully saturated rings. The first-order chi connectivity index (χ1) is 15.4. The number of imidazole rings is 1. The Hall–Kier alpha value is -3.44. The van der Waals surface area contributed by atoms with Crippen LogP contribution in [-0.2, 0) is 27.4 Å². The van der Waals surface area contributed by atoms with E-state index in [2.05, 4.69) is 15.0 Å². The number of benzene rings is 1. The predicted octanol–water partition coefficient (Wildman–Crippen LogP) is 0.770. The summed E-state index contributed by atoms with van der Waals surface area (Å²) in [6, 6.07) is 7.86. The largest absolute Gasteiger partial charge is 0.465 e. The minimum absolute atomic E-state index is 0.0831. The van der Waals surface area contributed by atoms with Crippen LogP contribution in [0.4, 0.5) is 5.82 Å². The fourth-order valence-corrected chi connectivity index (χ4v) is 3.19. The Balaban J connectivity index is 1.73. The highest BCUT2D eigenvalue weighted by Gasteiger charge is 2.15. The van der Waals surface area contributed by atoms with Crippen molar-refractivity contribution < 1.29 is 19.0 Å². The van der Waals surface area contributed by atoms with E-state index in [-0.39, 0.29) is 36.6 Å². The molecule has 3 aromatic rings. The van der Waals surface area contributed by atoms with Gasteiger partial charge < -0.3 is 24.9 Å². The number of likely N-dealkylation sites (N-methyl/N-ethyl adjacent to an activating group) is 1. The molecule has 3 rings (SSSR count). The number of nitrogens with one attached hydrogen (secondary N) is 1. The highest BCUT2D eigenvalue weighted by molar-refractivity contribution is 5.81. The minimum Gasteiger partial charge on any atom is -0.465 e. The molecule has 0 aliphatic rings. The number of hydrogen-bond donors (Lipinski definition) is 2. The zero-order valence-corrected chi connectivity index (χ0v) is 18.5. The van der Waals surface area contributed by atoms with E-state index in [9.17, 15) is 9.59 Å². The summed E-state index contributed by atoms with van der Waals surface area (Å²) in [5.41, 5.74) is 8.31. The number of H-pyrrole nitrogens is 1. The summed E-state index contributed by atoms with van der Waals surface area (Å²) in [5.74, 6) is -0.115. The van der Waals surface area contributed by atoms with Gasteiger partial charge in [-0.3, -0.25) is 14.3 Å². The number of carbonyl (C=O) groups excluding carboxylic acids is 1. The van der Waals surface area contributed by atoms with Gasteiger partial charge in [0.25, 0.3) is 0 Å². The number of rotatable bonds is 11. The SMILES string of the molecule is CCOC(=O)CN(C)Cc1ccc(Cn2c(=O)[nH]c3c(N)nc(OCCOC)nc32)cc1. The van der Waals surface area contributed by atoms with E-state index in [1.165, 1.54) is 4.57 Å². The number of aromatic nitrogens is 4. The number of aromatic amines is 1. The summed E-state index contributed by atoms with van der Waals surface area (Å²) in [7, 11) is 3.42. The first-order valence-corrected chi connectivity index (χ1v) is 10.2. The summed E-state index contributed by atoms with van der Waals surface area (Å²) >= 11 is 0. The topological polar surface area (TPSA) is 138 Å². The van der Waals surface area contributed by atoms with E-state index < -0.39 is 0 Å². The Labute approximate surface area is 185 Å². The van der Waals surface area contributed by atoms with Crippen molar-refractivity contribution in [1.29, 1.82) is 0 Å². The lowest BCUT2D eigenvalue weighted by molar-refractivity contribution is -0.144. The van der Waals surface area contributed by atoms with E-state index in [0.29, 0.717) is 37.5 Å². The summed E-state index contributed by atoms with van der Waals surface area (Å²) in [6.07, 6.45) is 0. The van der Waals surface area contributed by atoms with Crippen molar-refractivity contribution in [2.24, 2.45) is 0 Å². The van der Waals surface area contributed by atoms with Crippen LogP contribution in [0.1, 0.15) is 18.1 Å². The van der Waals surface area contributed by atoms with Crippen molar-refractivity contribution in [1.82, 2.24) is 24.4 Å². The molecule has 172 valence electrons. The Morgan fingerprint density at radius 1 is 1.19 bits per heavy atom. The third-order valence-electron chi connectivity index (χ3n) is 4.67. The van der Waals surface area contributed by atoms with Crippen molar-refractivity contribution in [2.75, 3.05) is 46.3 Å². The predicted molar refractivity (Wildman–Crippen MR) is 118 cm³/mol. The van der Waals surface area contributed by atoms with Gasteiger partial charge in [-0.2, -0.15) is 9.97 Å². The minimum atomic E-state index is -0.340. The van der Waals surface area contributed by atoms with Crippen LogP contribution in [0, 0.1) is 0 Å². The zero-order valence-electron chi connectivity index (χ0n) is 18.5. The van der Waals surface area contributed by atoms with Crippen LogP contribution in [0.3, 0.4) is 0 Å². The summed E-state index contributed by atoms with van der Waals surface area (Å²) in [6.45, 7) is 3.90. The van der Waals surface area contributed by atoms with Crippen LogP contribution in [0.2, 0.25) is 0 Å². The number of carbonyl (C=O) groups is 1. The Morgan fingerprint density at radius 2 is 1.91 bits per heavy atom. The summed E-state index contributed by atoms with van der Waals surface area (Å²) in [4.78, 5) is 37.1. The molecular formula is C21H28N6O5. The molecule has 2 aromatic heterocycles. The molecule has 0 radical (unpaired) electrons. The van der Waals surface area contributed by atoms with Crippen LogP contribution in [-0.4, -0.2) is 70.9 Å². The lowest BCUT2D eigenvalue weighted by Crippen LogP contribution is -2.27. The average molecular weight is 444 g/mol. The van der Waals surface area contributed by atoms with Crippen molar-refractivity contribution in [3.05, 3.63) is 45.9 Å². The van der Waals surface area contributed by atoms with Gasteiger partial charge in [0.15, 0.2) is 11.5 Å². The Morgan fingerprint density at radius 3 is 2.59 bits per heavy atom. The molecule has 0 aliphatic carbocycles. The van der Waals surface area contributed by atoms with Crippen LogP contribution < -0.4 is 16.2 Å². The molecule has 32 heavy (non-hydrogen) atoms. The molecule has 11 heteroatoms. The van der Waals surface area contributed by atoms with Crippen LogP contribution >= 0.6 is 0 Å². The lowest BCUT2D eigenvalue weighted by atomic mass is 10.1. The highest BCUT2D eigenvalue weighted by Crippen LogP contribution is 2.18. The second kappa shape index (κ2) is 10.7. The number of nitrogens with two attached hydrogens (primary N) is 1. The van der Waals surface area contributed by atoms with Gasteiger partial charge in [0.05, 0.1) is 26.3 Å². The summed E-state index contributed by atoms with van der Waals surface area (Å²) < 4.78 is 16.9. The molecule has 0 atom stereocenters. The van der Waals surface area contributed by atoms with Crippen molar-refractivity contribution in [3.63, 3.8) is 0 Å².